The highest BCUT2D eigenvalue weighted by Gasteiger charge is 2.20. The molecule has 1 aromatic heterocycles. The van der Waals surface area contributed by atoms with Gasteiger partial charge in [0.15, 0.2) is 0 Å². The van der Waals surface area contributed by atoms with Crippen molar-refractivity contribution in [3.8, 4) is 5.88 Å². The number of aromatic nitrogens is 1. The molecule has 7 nitrogen and oxygen atoms in total. The van der Waals surface area contributed by atoms with Gasteiger partial charge in [-0.2, -0.15) is 4.98 Å². The van der Waals surface area contributed by atoms with Gasteiger partial charge in [0.05, 0.1) is 12.0 Å². The SMILES string of the molecule is COc1ccc([N+](=O)[O-])c(N(C)CCC(N)C(C)C)n1. The molecule has 112 valence electrons. The lowest BCUT2D eigenvalue weighted by Gasteiger charge is -2.22. The van der Waals surface area contributed by atoms with E-state index in [4.69, 9.17) is 10.5 Å². The number of ether oxygens (including phenoxy) is 1. The Morgan fingerprint density at radius 3 is 2.65 bits per heavy atom. The number of nitrogens with zero attached hydrogens (tertiary/aromatic N) is 3. The van der Waals surface area contributed by atoms with E-state index in [1.807, 2.05) is 0 Å². The summed E-state index contributed by atoms with van der Waals surface area (Å²) in [5.74, 6) is 1.02. The summed E-state index contributed by atoms with van der Waals surface area (Å²) in [4.78, 5) is 16.5. The van der Waals surface area contributed by atoms with Crippen molar-refractivity contribution in [2.45, 2.75) is 26.3 Å². The van der Waals surface area contributed by atoms with Crippen LogP contribution in [0.2, 0.25) is 0 Å². The van der Waals surface area contributed by atoms with E-state index in [1.54, 1.807) is 11.9 Å². The van der Waals surface area contributed by atoms with E-state index in [0.717, 1.165) is 6.42 Å². The van der Waals surface area contributed by atoms with Crippen LogP contribution in [0.15, 0.2) is 12.1 Å². The molecule has 1 heterocycles. The largest absolute Gasteiger partial charge is 0.481 e. The lowest BCUT2D eigenvalue weighted by molar-refractivity contribution is -0.384. The third-order valence-electron chi connectivity index (χ3n) is 3.25. The molecule has 1 atom stereocenters. The maximum atomic E-state index is 11.0. The lowest BCUT2D eigenvalue weighted by atomic mass is 10.0. The van der Waals surface area contributed by atoms with Gasteiger partial charge in [-0.05, 0) is 12.3 Å². The van der Waals surface area contributed by atoms with Crippen molar-refractivity contribution < 1.29 is 9.66 Å². The molecule has 0 bridgehead atoms. The van der Waals surface area contributed by atoms with Crippen LogP contribution in [0.4, 0.5) is 11.5 Å². The van der Waals surface area contributed by atoms with Crippen LogP contribution < -0.4 is 15.4 Å². The highest BCUT2D eigenvalue weighted by atomic mass is 16.6. The van der Waals surface area contributed by atoms with Crippen LogP contribution in [0.1, 0.15) is 20.3 Å². The first-order valence-electron chi connectivity index (χ1n) is 6.53. The van der Waals surface area contributed by atoms with Gasteiger partial charge >= 0.3 is 5.69 Å². The summed E-state index contributed by atoms with van der Waals surface area (Å²) in [5.41, 5.74) is 5.96. The fourth-order valence-electron chi connectivity index (χ4n) is 1.74. The Kier molecular flexibility index (Phi) is 5.69. The number of anilines is 1. The second-order valence-corrected chi connectivity index (χ2v) is 5.07. The van der Waals surface area contributed by atoms with Crippen LogP contribution in [0.3, 0.4) is 0 Å². The Bertz CT molecular complexity index is 465. The zero-order valence-corrected chi connectivity index (χ0v) is 12.4. The van der Waals surface area contributed by atoms with Crippen molar-refractivity contribution in [3.05, 3.63) is 22.2 Å². The van der Waals surface area contributed by atoms with Gasteiger partial charge in [-0.15, -0.1) is 0 Å². The summed E-state index contributed by atoms with van der Waals surface area (Å²) in [7, 11) is 3.24. The van der Waals surface area contributed by atoms with Gasteiger partial charge in [0.1, 0.15) is 0 Å². The van der Waals surface area contributed by atoms with Crippen LogP contribution in [0.25, 0.3) is 0 Å². The van der Waals surface area contributed by atoms with Gasteiger partial charge in [0.2, 0.25) is 11.7 Å². The maximum Gasteiger partial charge on any atom is 0.311 e. The normalized spacial score (nSPS) is 12.3. The van der Waals surface area contributed by atoms with E-state index in [9.17, 15) is 10.1 Å². The van der Waals surface area contributed by atoms with Crippen LogP contribution in [-0.4, -0.2) is 36.7 Å². The molecule has 0 spiro atoms. The first kappa shape index (κ1) is 16.2. The zero-order chi connectivity index (χ0) is 15.3. The topological polar surface area (TPSA) is 94.5 Å². The van der Waals surface area contributed by atoms with Crippen molar-refractivity contribution in [2.24, 2.45) is 11.7 Å². The average Bonchev–Trinajstić information content (AvgIpc) is 2.43. The second-order valence-electron chi connectivity index (χ2n) is 5.07. The molecule has 0 aromatic carbocycles. The van der Waals surface area contributed by atoms with E-state index in [1.165, 1.54) is 19.2 Å². The van der Waals surface area contributed by atoms with Crippen LogP contribution in [0, 0.1) is 16.0 Å². The molecule has 7 heteroatoms. The Hall–Kier alpha value is -1.89. The number of hydrogen-bond acceptors (Lipinski definition) is 6. The Balaban J connectivity index is 2.89. The number of hydrogen-bond donors (Lipinski definition) is 1. The summed E-state index contributed by atoms with van der Waals surface area (Å²) in [6.07, 6.45) is 0.740. The number of nitro groups is 1. The zero-order valence-electron chi connectivity index (χ0n) is 12.4. The van der Waals surface area contributed by atoms with Gasteiger partial charge in [-0.3, -0.25) is 10.1 Å². The van der Waals surface area contributed by atoms with Crippen molar-refractivity contribution in [2.75, 3.05) is 25.6 Å². The molecule has 20 heavy (non-hydrogen) atoms. The van der Waals surface area contributed by atoms with Crippen molar-refractivity contribution in [3.63, 3.8) is 0 Å². The number of rotatable bonds is 7. The summed E-state index contributed by atoms with van der Waals surface area (Å²) in [6, 6.07) is 2.94. The van der Waals surface area contributed by atoms with E-state index in [-0.39, 0.29) is 11.7 Å². The third kappa shape index (κ3) is 4.06. The summed E-state index contributed by atoms with van der Waals surface area (Å²) in [5, 5.41) is 11.0. The standard InChI is InChI=1S/C13H22N4O3/c1-9(2)10(14)7-8-16(3)13-11(17(18)19)5-6-12(15-13)20-4/h5-6,9-10H,7-8,14H2,1-4H3. The molecular formula is C13H22N4O3. The molecule has 0 aliphatic rings. The number of nitrogens with two attached hydrogens (primary N) is 1. The number of methoxy groups -OCH3 is 1. The molecule has 0 fully saturated rings. The average molecular weight is 282 g/mol. The quantitative estimate of drug-likeness (QED) is 0.605. The van der Waals surface area contributed by atoms with Crippen molar-refractivity contribution in [1.82, 2.24) is 4.98 Å². The molecule has 0 saturated heterocycles. The summed E-state index contributed by atoms with van der Waals surface area (Å²) < 4.78 is 5.02. The molecule has 0 amide bonds. The summed E-state index contributed by atoms with van der Waals surface area (Å²) >= 11 is 0. The van der Waals surface area contributed by atoms with Gasteiger partial charge in [0, 0.05) is 31.8 Å². The molecule has 1 rings (SSSR count). The molecule has 1 aromatic rings. The minimum atomic E-state index is -0.444. The minimum Gasteiger partial charge on any atom is -0.481 e. The Morgan fingerprint density at radius 2 is 2.15 bits per heavy atom. The van der Waals surface area contributed by atoms with Gasteiger partial charge < -0.3 is 15.4 Å². The van der Waals surface area contributed by atoms with Crippen molar-refractivity contribution in [1.29, 1.82) is 0 Å². The molecule has 0 aliphatic heterocycles. The molecule has 1 unspecified atom stereocenters. The van der Waals surface area contributed by atoms with Gasteiger partial charge in [0.25, 0.3) is 0 Å². The van der Waals surface area contributed by atoms with Crippen LogP contribution in [-0.2, 0) is 0 Å². The maximum absolute atomic E-state index is 11.0. The van der Waals surface area contributed by atoms with Crippen LogP contribution in [0.5, 0.6) is 5.88 Å². The lowest BCUT2D eigenvalue weighted by Crippen LogP contribution is -2.32. The fraction of sp³-hybridized carbons (Fsp3) is 0.615. The third-order valence-corrected chi connectivity index (χ3v) is 3.25. The van der Waals surface area contributed by atoms with E-state index in [2.05, 4.69) is 18.8 Å². The fourth-order valence-corrected chi connectivity index (χ4v) is 1.74. The van der Waals surface area contributed by atoms with E-state index in [0.29, 0.717) is 24.2 Å². The monoisotopic (exact) mass is 282 g/mol. The smallest absolute Gasteiger partial charge is 0.311 e. The predicted octanol–water partition coefficient (Wildman–Crippen LogP) is 1.81. The van der Waals surface area contributed by atoms with Gasteiger partial charge in [-0.1, -0.05) is 13.8 Å². The highest BCUT2D eigenvalue weighted by Crippen LogP contribution is 2.27. The molecule has 2 N–H and O–H groups in total. The highest BCUT2D eigenvalue weighted by molar-refractivity contribution is 5.58. The van der Waals surface area contributed by atoms with Crippen molar-refractivity contribution >= 4 is 11.5 Å². The van der Waals surface area contributed by atoms with Gasteiger partial charge in [-0.25, -0.2) is 0 Å². The predicted molar refractivity (Wildman–Crippen MR) is 78.1 cm³/mol. The van der Waals surface area contributed by atoms with Crippen LogP contribution >= 0.6 is 0 Å². The summed E-state index contributed by atoms with van der Waals surface area (Å²) in [6.45, 7) is 4.70. The van der Waals surface area contributed by atoms with E-state index >= 15 is 0 Å². The number of pyridine rings is 1. The minimum absolute atomic E-state index is 0.0357. The molecule has 0 aliphatic carbocycles. The molecular weight excluding hydrogens is 260 g/mol. The second kappa shape index (κ2) is 7.04. The molecule has 0 saturated carbocycles. The molecule has 0 radical (unpaired) electrons. The first-order chi connectivity index (χ1) is 9.36. The van der Waals surface area contributed by atoms with E-state index < -0.39 is 4.92 Å². The Labute approximate surface area is 118 Å². The Morgan fingerprint density at radius 1 is 1.50 bits per heavy atom. The first-order valence-corrected chi connectivity index (χ1v) is 6.53.